The highest BCUT2D eigenvalue weighted by Crippen LogP contribution is 2.33. The van der Waals surface area contributed by atoms with Crippen molar-refractivity contribution in [2.24, 2.45) is 5.10 Å². The van der Waals surface area contributed by atoms with Crippen molar-refractivity contribution in [3.63, 3.8) is 0 Å². The second-order valence-electron chi connectivity index (χ2n) is 6.24. The maximum absolute atomic E-state index is 12.7. The van der Waals surface area contributed by atoms with Gasteiger partial charge in [-0.05, 0) is 48.9 Å². The Kier molecular flexibility index (Phi) is 6.63. The van der Waals surface area contributed by atoms with Gasteiger partial charge in [-0.3, -0.25) is 4.79 Å². The Balaban J connectivity index is 1.75. The molecule has 0 radical (unpaired) electrons. The average Bonchev–Trinajstić information content (AvgIpc) is 3.42. The van der Waals surface area contributed by atoms with Gasteiger partial charge in [-0.15, -0.1) is 0 Å². The maximum atomic E-state index is 12.7. The van der Waals surface area contributed by atoms with Crippen LogP contribution in [0.5, 0.6) is 5.75 Å². The van der Waals surface area contributed by atoms with E-state index in [1.807, 2.05) is 31.2 Å². The molecule has 1 unspecified atom stereocenters. The number of furan rings is 1. The number of carbonyl (C=O) groups is 2. The minimum atomic E-state index is -0.593. The molecule has 29 heavy (non-hydrogen) atoms. The quantitative estimate of drug-likeness (QED) is 0.407. The fourth-order valence-electron chi connectivity index (χ4n) is 2.89. The van der Waals surface area contributed by atoms with E-state index >= 15 is 0 Å². The summed E-state index contributed by atoms with van der Waals surface area (Å²) in [5.74, 6) is 0.331. The summed E-state index contributed by atoms with van der Waals surface area (Å²) in [6.45, 7) is 1.43. The third-order valence-electron chi connectivity index (χ3n) is 4.33. The van der Waals surface area contributed by atoms with E-state index < -0.39 is 24.5 Å². The number of carbonyl (C=O) groups excluding carboxylic acids is 2. The molecule has 0 bridgehead atoms. The van der Waals surface area contributed by atoms with E-state index in [4.69, 9.17) is 13.9 Å². The van der Waals surface area contributed by atoms with Crippen molar-refractivity contribution in [3.05, 3.63) is 78.3 Å². The Bertz CT molecular complexity index is 927. The second kappa shape index (κ2) is 9.54. The van der Waals surface area contributed by atoms with Crippen molar-refractivity contribution >= 4 is 17.6 Å². The molecule has 150 valence electrons. The molecule has 0 N–H and O–H groups in total. The van der Waals surface area contributed by atoms with Crippen LogP contribution in [0.4, 0.5) is 0 Å². The molecule has 0 saturated carbocycles. The Hall–Kier alpha value is -3.61. The first kappa shape index (κ1) is 20.1. The van der Waals surface area contributed by atoms with Crippen LogP contribution in [0.15, 0.2) is 76.5 Å². The van der Waals surface area contributed by atoms with E-state index in [-0.39, 0.29) is 0 Å². The average molecular weight is 394 g/mol. The molecule has 1 aromatic carbocycles. The van der Waals surface area contributed by atoms with Gasteiger partial charge < -0.3 is 13.9 Å². The molecule has 2 heterocycles. The Morgan fingerprint density at radius 1 is 1.24 bits per heavy atom. The predicted octanol–water partition coefficient (Wildman–Crippen LogP) is 3.64. The lowest BCUT2D eigenvalue weighted by Crippen LogP contribution is -2.31. The molecule has 7 nitrogen and oxygen atoms in total. The minimum absolute atomic E-state index is 0.396. The number of hydrogen-bond donors (Lipinski definition) is 0. The van der Waals surface area contributed by atoms with Gasteiger partial charge in [0.15, 0.2) is 6.61 Å². The van der Waals surface area contributed by atoms with E-state index in [1.165, 1.54) is 11.1 Å². The first-order valence-electron chi connectivity index (χ1n) is 9.16. The van der Waals surface area contributed by atoms with Crippen LogP contribution in [-0.2, 0) is 14.3 Å². The smallest absolute Gasteiger partial charge is 0.331 e. The monoisotopic (exact) mass is 394 g/mol. The highest BCUT2D eigenvalue weighted by atomic mass is 16.5. The molecule has 0 saturated heterocycles. The van der Waals surface area contributed by atoms with Crippen LogP contribution in [0.25, 0.3) is 0 Å². The van der Waals surface area contributed by atoms with Crippen LogP contribution >= 0.6 is 0 Å². The van der Waals surface area contributed by atoms with Gasteiger partial charge in [0, 0.05) is 12.5 Å². The largest absolute Gasteiger partial charge is 0.497 e. The van der Waals surface area contributed by atoms with E-state index in [9.17, 15) is 9.59 Å². The lowest BCUT2D eigenvalue weighted by molar-refractivity contribution is -0.149. The summed E-state index contributed by atoms with van der Waals surface area (Å²) < 4.78 is 15.7. The number of methoxy groups -OCH3 is 1. The van der Waals surface area contributed by atoms with Gasteiger partial charge in [-0.2, -0.15) is 5.10 Å². The highest BCUT2D eigenvalue weighted by molar-refractivity contribution is 6.03. The molecule has 0 aliphatic carbocycles. The molecule has 1 aliphatic heterocycles. The molecule has 7 heteroatoms. The number of amides is 1. The van der Waals surface area contributed by atoms with Crippen LogP contribution in [0.1, 0.15) is 30.7 Å². The molecule has 0 fully saturated rings. The SMILES string of the molecule is C/C=C/C=C/C(=O)OCC(=O)N1N=C(c2ccc(OC)cc2)CC1c1ccco1. The van der Waals surface area contributed by atoms with Crippen molar-refractivity contribution in [2.45, 2.75) is 19.4 Å². The molecule has 2 aromatic rings. The van der Waals surface area contributed by atoms with Gasteiger partial charge in [0.2, 0.25) is 0 Å². The Morgan fingerprint density at radius 2 is 2.03 bits per heavy atom. The number of hydrazone groups is 1. The summed E-state index contributed by atoms with van der Waals surface area (Å²) in [6.07, 6.45) is 8.32. The van der Waals surface area contributed by atoms with Gasteiger partial charge in [0.1, 0.15) is 17.6 Å². The van der Waals surface area contributed by atoms with Crippen LogP contribution in [0, 0.1) is 0 Å². The third kappa shape index (κ3) is 5.01. The zero-order valence-electron chi connectivity index (χ0n) is 16.3. The summed E-state index contributed by atoms with van der Waals surface area (Å²) in [4.78, 5) is 24.4. The lowest BCUT2D eigenvalue weighted by atomic mass is 10.0. The van der Waals surface area contributed by atoms with Crippen molar-refractivity contribution in [1.82, 2.24) is 5.01 Å². The maximum Gasteiger partial charge on any atom is 0.331 e. The topological polar surface area (TPSA) is 81.3 Å². The Labute approximate surface area is 168 Å². The van der Waals surface area contributed by atoms with Gasteiger partial charge in [-0.25, -0.2) is 9.80 Å². The van der Waals surface area contributed by atoms with Crippen LogP contribution in [0.2, 0.25) is 0 Å². The van der Waals surface area contributed by atoms with Crippen molar-refractivity contribution in [1.29, 1.82) is 0 Å². The summed E-state index contributed by atoms with van der Waals surface area (Å²) in [5, 5.41) is 5.80. The molecule has 3 rings (SSSR count). The number of rotatable bonds is 7. The van der Waals surface area contributed by atoms with Crippen molar-refractivity contribution in [2.75, 3.05) is 13.7 Å². The van der Waals surface area contributed by atoms with Gasteiger partial charge in [-0.1, -0.05) is 18.2 Å². The summed E-state index contributed by atoms with van der Waals surface area (Å²) in [6, 6.07) is 10.6. The molecule has 1 aliphatic rings. The number of allylic oxidation sites excluding steroid dienone is 3. The van der Waals surface area contributed by atoms with Crippen LogP contribution < -0.4 is 4.74 Å². The summed E-state index contributed by atoms with van der Waals surface area (Å²) >= 11 is 0. The number of nitrogens with zero attached hydrogens (tertiary/aromatic N) is 2. The predicted molar refractivity (Wildman–Crippen MR) is 107 cm³/mol. The first-order chi connectivity index (χ1) is 14.1. The van der Waals surface area contributed by atoms with Crippen molar-refractivity contribution < 1.29 is 23.5 Å². The second-order valence-corrected chi connectivity index (χ2v) is 6.24. The fraction of sp³-hybridized carbons (Fsp3) is 0.227. The van der Waals surface area contributed by atoms with E-state index in [2.05, 4.69) is 5.10 Å². The van der Waals surface area contributed by atoms with Gasteiger partial charge in [0.05, 0.1) is 19.1 Å². The normalized spacial score (nSPS) is 16.4. The van der Waals surface area contributed by atoms with Crippen LogP contribution in [0.3, 0.4) is 0 Å². The number of hydrogen-bond acceptors (Lipinski definition) is 6. The molecule has 1 amide bonds. The van der Waals surface area contributed by atoms with E-state index in [1.54, 1.807) is 43.7 Å². The minimum Gasteiger partial charge on any atom is -0.497 e. The van der Waals surface area contributed by atoms with Crippen molar-refractivity contribution in [3.8, 4) is 5.75 Å². The van der Waals surface area contributed by atoms with Crippen LogP contribution in [-0.4, -0.2) is 36.3 Å². The summed E-state index contributed by atoms with van der Waals surface area (Å²) in [5.41, 5.74) is 1.62. The molecule has 1 aromatic heterocycles. The van der Waals surface area contributed by atoms with E-state index in [0.29, 0.717) is 12.2 Å². The Morgan fingerprint density at radius 3 is 2.69 bits per heavy atom. The highest BCUT2D eigenvalue weighted by Gasteiger charge is 2.35. The zero-order chi connectivity index (χ0) is 20.6. The number of esters is 1. The number of ether oxygens (including phenoxy) is 2. The molecular formula is C22H22N2O5. The summed E-state index contributed by atoms with van der Waals surface area (Å²) in [7, 11) is 1.60. The standard InChI is InChI=1S/C22H22N2O5/c1-3-4-5-8-22(26)29-15-21(25)24-19(20-7-6-13-28-20)14-18(23-24)16-9-11-17(27-2)12-10-16/h3-13,19H,14-15H2,1-2H3/b4-3+,8-5+. The zero-order valence-corrected chi connectivity index (χ0v) is 16.3. The first-order valence-corrected chi connectivity index (χ1v) is 9.16. The van der Waals surface area contributed by atoms with E-state index in [0.717, 1.165) is 17.0 Å². The third-order valence-corrected chi connectivity index (χ3v) is 4.33. The molecule has 1 atom stereocenters. The molecule has 0 spiro atoms. The fourth-order valence-corrected chi connectivity index (χ4v) is 2.89. The molecular weight excluding hydrogens is 372 g/mol. The van der Waals surface area contributed by atoms with Gasteiger partial charge >= 0.3 is 5.97 Å². The van der Waals surface area contributed by atoms with Gasteiger partial charge in [0.25, 0.3) is 5.91 Å². The lowest BCUT2D eigenvalue weighted by Gasteiger charge is -2.19. The number of benzene rings is 1.